The maximum Gasteiger partial charge on any atom is 0.255 e. The maximum atomic E-state index is 12.6. The van der Waals surface area contributed by atoms with Crippen LogP contribution in [0.5, 0.6) is 0 Å². The zero-order valence-corrected chi connectivity index (χ0v) is 15.7. The van der Waals surface area contributed by atoms with Gasteiger partial charge in [-0.25, -0.2) is 0 Å². The van der Waals surface area contributed by atoms with Crippen LogP contribution in [0.3, 0.4) is 0 Å². The highest BCUT2D eigenvalue weighted by molar-refractivity contribution is 9.10. The van der Waals surface area contributed by atoms with Gasteiger partial charge in [0.15, 0.2) is 5.76 Å². The lowest BCUT2D eigenvalue weighted by Crippen LogP contribution is -2.12. The van der Waals surface area contributed by atoms with Gasteiger partial charge in [-0.1, -0.05) is 44.8 Å². The van der Waals surface area contributed by atoms with Crippen LogP contribution in [0.1, 0.15) is 10.4 Å². The molecular weight excluding hydrogens is 416 g/mol. The van der Waals surface area contributed by atoms with Crippen LogP contribution in [-0.4, -0.2) is 11.1 Å². The van der Waals surface area contributed by atoms with Gasteiger partial charge in [0.2, 0.25) is 0 Å². The van der Waals surface area contributed by atoms with Crippen LogP contribution in [0.15, 0.2) is 75.7 Å². The number of rotatable bonds is 3. The Morgan fingerprint density at radius 1 is 1.04 bits per heavy atom. The molecule has 1 aromatic heterocycles. The lowest BCUT2D eigenvalue weighted by atomic mass is 10.1. The molecule has 1 N–H and O–H groups in total. The van der Waals surface area contributed by atoms with Crippen LogP contribution in [0.25, 0.3) is 22.2 Å². The monoisotopic (exact) mass is 426 g/mol. The molecule has 0 fully saturated rings. The molecule has 3 aromatic carbocycles. The predicted molar refractivity (Wildman–Crippen MR) is 107 cm³/mol. The third kappa shape index (κ3) is 3.23. The van der Waals surface area contributed by atoms with E-state index in [9.17, 15) is 4.79 Å². The van der Waals surface area contributed by atoms with Crippen molar-refractivity contribution in [2.75, 3.05) is 5.32 Å². The van der Waals surface area contributed by atoms with E-state index >= 15 is 0 Å². The number of halogens is 2. The lowest BCUT2D eigenvalue weighted by Gasteiger charge is -2.07. The maximum absolute atomic E-state index is 12.6. The molecule has 0 spiro atoms. The minimum atomic E-state index is -0.247. The van der Waals surface area contributed by atoms with E-state index in [2.05, 4.69) is 26.4 Å². The third-order valence-electron chi connectivity index (χ3n) is 3.97. The van der Waals surface area contributed by atoms with Crippen LogP contribution >= 0.6 is 27.5 Å². The Hall–Kier alpha value is -2.63. The van der Waals surface area contributed by atoms with Crippen LogP contribution < -0.4 is 5.32 Å². The highest BCUT2D eigenvalue weighted by Gasteiger charge is 2.15. The van der Waals surface area contributed by atoms with E-state index in [0.717, 1.165) is 15.4 Å². The summed E-state index contributed by atoms with van der Waals surface area (Å²) in [6, 6.07) is 20.1. The molecule has 0 atom stereocenters. The molecule has 4 nitrogen and oxygen atoms in total. The molecule has 26 heavy (non-hydrogen) atoms. The molecule has 0 saturated carbocycles. The number of anilines is 1. The molecule has 0 unspecified atom stereocenters. The largest absolute Gasteiger partial charge is 0.355 e. The number of para-hydroxylation sites is 1. The molecule has 6 heteroatoms. The second kappa shape index (κ2) is 6.94. The fraction of sp³-hybridized carbons (Fsp3) is 0. The number of nitrogens with zero attached hydrogens (tertiary/aromatic N) is 1. The molecular formula is C20H12BrClN2O2. The number of hydrogen-bond donors (Lipinski definition) is 1. The molecule has 0 aliphatic rings. The van der Waals surface area contributed by atoms with Gasteiger partial charge in [0, 0.05) is 15.6 Å². The van der Waals surface area contributed by atoms with Crippen LogP contribution in [-0.2, 0) is 0 Å². The summed E-state index contributed by atoms with van der Waals surface area (Å²) in [5, 5.41) is 8.16. The smallest absolute Gasteiger partial charge is 0.255 e. The normalized spacial score (nSPS) is 10.8. The Labute approximate surface area is 162 Å². The second-order valence-electron chi connectivity index (χ2n) is 5.68. The lowest BCUT2D eigenvalue weighted by molar-refractivity contribution is 0.102. The molecule has 0 saturated heterocycles. The van der Waals surface area contributed by atoms with Crippen molar-refractivity contribution in [2.45, 2.75) is 0 Å². The first-order valence-electron chi connectivity index (χ1n) is 7.83. The number of carbonyl (C=O) groups is 1. The molecule has 1 heterocycles. The number of aromatic nitrogens is 1. The minimum absolute atomic E-state index is 0.247. The highest BCUT2D eigenvalue weighted by Crippen LogP contribution is 2.30. The van der Waals surface area contributed by atoms with Crippen LogP contribution in [0.4, 0.5) is 5.69 Å². The van der Waals surface area contributed by atoms with Crippen molar-refractivity contribution < 1.29 is 9.32 Å². The van der Waals surface area contributed by atoms with Crippen molar-refractivity contribution in [3.8, 4) is 11.3 Å². The van der Waals surface area contributed by atoms with Gasteiger partial charge in [0.25, 0.3) is 5.91 Å². The standard InChI is InChI=1S/C20H12BrClN2O2/c21-14-8-5-12(6-9-14)19-15-11-13(7-10-17(15)24-26-19)20(25)23-18-4-2-1-3-16(18)22/h1-11H,(H,23,25). The molecule has 0 bridgehead atoms. The zero-order chi connectivity index (χ0) is 18.1. The van der Waals surface area contributed by atoms with Crippen molar-refractivity contribution >= 4 is 50.0 Å². The van der Waals surface area contributed by atoms with Crippen molar-refractivity contribution in [3.05, 3.63) is 81.8 Å². The van der Waals surface area contributed by atoms with E-state index in [1.54, 1.807) is 30.3 Å². The number of amides is 1. The minimum Gasteiger partial charge on any atom is -0.355 e. The first kappa shape index (κ1) is 16.8. The molecule has 1 amide bonds. The van der Waals surface area contributed by atoms with Gasteiger partial charge < -0.3 is 9.84 Å². The van der Waals surface area contributed by atoms with E-state index < -0.39 is 0 Å². The Kier molecular flexibility index (Phi) is 4.49. The summed E-state index contributed by atoms with van der Waals surface area (Å²) in [6.45, 7) is 0. The topological polar surface area (TPSA) is 55.1 Å². The fourth-order valence-electron chi connectivity index (χ4n) is 2.65. The Morgan fingerprint density at radius 2 is 1.81 bits per heavy atom. The van der Waals surface area contributed by atoms with E-state index in [1.165, 1.54) is 0 Å². The number of hydrogen-bond acceptors (Lipinski definition) is 3. The summed E-state index contributed by atoms with van der Waals surface area (Å²) >= 11 is 9.52. The van der Waals surface area contributed by atoms with E-state index in [-0.39, 0.29) is 5.91 Å². The quantitative estimate of drug-likeness (QED) is 0.426. The number of benzene rings is 3. The average Bonchev–Trinajstić information content (AvgIpc) is 3.07. The van der Waals surface area contributed by atoms with Crippen molar-refractivity contribution in [3.63, 3.8) is 0 Å². The first-order chi connectivity index (χ1) is 12.6. The Bertz CT molecular complexity index is 1110. The summed E-state index contributed by atoms with van der Waals surface area (Å²) in [5.74, 6) is 0.378. The van der Waals surface area contributed by atoms with Gasteiger partial charge in [0.1, 0.15) is 5.52 Å². The molecule has 0 radical (unpaired) electrons. The predicted octanol–water partition coefficient (Wildman–Crippen LogP) is 6.16. The number of fused-ring (bicyclic) bond motifs is 1. The van der Waals surface area contributed by atoms with Crippen molar-refractivity contribution in [1.82, 2.24) is 5.16 Å². The highest BCUT2D eigenvalue weighted by atomic mass is 79.9. The van der Waals surface area contributed by atoms with E-state index in [1.807, 2.05) is 36.4 Å². The number of nitrogens with one attached hydrogen (secondary N) is 1. The van der Waals surface area contributed by atoms with Crippen molar-refractivity contribution in [2.24, 2.45) is 0 Å². The van der Waals surface area contributed by atoms with Crippen molar-refractivity contribution in [1.29, 1.82) is 0 Å². The van der Waals surface area contributed by atoms with Gasteiger partial charge in [-0.2, -0.15) is 0 Å². The summed E-state index contributed by atoms with van der Waals surface area (Å²) in [5.41, 5.74) is 2.65. The molecule has 4 rings (SSSR count). The van der Waals surface area contributed by atoms with Gasteiger partial charge in [-0.05, 0) is 54.6 Å². The third-order valence-corrected chi connectivity index (χ3v) is 4.83. The number of carbonyl (C=O) groups excluding carboxylic acids is 1. The van der Waals surface area contributed by atoms with Gasteiger partial charge in [0.05, 0.1) is 16.1 Å². The van der Waals surface area contributed by atoms with Gasteiger partial charge in [-0.15, -0.1) is 0 Å². The molecule has 0 aliphatic carbocycles. The van der Waals surface area contributed by atoms with Crippen LogP contribution in [0.2, 0.25) is 5.02 Å². The summed E-state index contributed by atoms with van der Waals surface area (Å²) in [7, 11) is 0. The van der Waals surface area contributed by atoms with Crippen LogP contribution in [0, 0.1) is 0 Å². The van der Waals surface area contributed by atoms with E-state index in [0.29, 0.717) is 27.6 Å². The first-order valence-corrected chi connectivity index (χ1v) is 9.00. The molecule has 128 valence electrons. The molecule has 0 aliphatic heterocycles. The summed E-state index contributed by atoms with van der Waals surface area (Å²) in [4.78, 5) is 12.6. The molecule has 4 aromatic rings. The summed E-state index contributed by atoms with van der Waals surface area (Å²) < 4.78 is 6.47. The van der Waals surface area contributed by atoms with E-state index in [4.69, 9.17) is 16.1 Å². The SMILES string of the molecule is O=C(Nc1ccccc1Cl)c1ccc2noc(-c3ccc(Br)cc3)c2c1. The van der Waals surface area contributed by atoms with Gasteiger partial charge in [-0.3, -0.25) is 4.79 Å². The average molecular weight is 428 g/mol. The fourth-order valence-corrected chi connectivity index (χ4v) is 3.10. The Morgan fingerprint density at radius 3 is 2.58 bits per heavy atom. The Balaban J connectivity index is 1.71. The zero-order valence-electron chi connectivity index (χ0n) is 13.4. The summed E-state index contributed by atoms with van der Waals surface area (Å²) in [6.07, 6.45) is 0. The van der Waals surface area contributed by atoms with Gasteiger partial charge >= 0.3 is 0 Å². The second-order valence-corrected chi connectivity index (χ2v) is 7.01.